The molecule has 0 saturated heterocycles. The Kier molecular flexibility index (Phi) is 5.67. The van der Waals surface area contributed by atoms with Crippen LogP contribution in [-0.4, -0.2) is 26.2 Å². The van der Waals surface area contributed by atoms with Gasteiger partial charge in [-0.2, -0.15) is 0 Å². The summed E-state index contributed by atoms with van der Waals surface area (Å²) in [4.78, 5) is 0. The molecule has 2 unspecified atom stereocenters. The van der Waals surface area contributed by atoms with Gasteiger partial charge in [-0.15, -0.1) is 0 Å². The third-order valence-electron chi connectivity index (χ3n) is 4.17. The number of hydrogen-bond acceptors (Lipinski definition) is 3. The number of ether oxygens (including phenoxy) is 1. The van der Waals surface area contributed by atoms with Crippen molar-refractivity contribution in [2.24, 2.45) is 11.7 Å². The van der Waals surface area contributed by atoms with Gasteiger partial charge in [0.15, 0.2) is 0 Å². The Bertz CT molecular complexity index is 381. The van der Waals surface area contributed by atoms with Gasteiger partial charge in [0.2, 0.25) is 0 Å². The van der Waals surface area contributed by atoms with E-state index >= 15 is 0 Å². The quantitative estimate of drug-likeness (QED) is 0.827. The van der Waals surface area contributed by atoms with Crippen LogP contribution in [0.2, 0.25) is 0 Å². The molecule has 1 fully saturated rings. The Morgan fingerprint density at radius 2 is 2.16 bits per heavy atom. The molecule has 3 nitrogen and oxygen atoms in total. The first-order chi connectivity index (χ1) is 9.33. The lowest BCUT2D eigenvalue weighted by Gasteiger charge is -2.31. The summed E-state index contributed by atoms with van der Waals surface area (Å²) in [5.74, 6) is 1.61. The maximum absolute atomic E-state index is 5.86. The van der Waals surface area contributed by atoms with E-state index < -0.39 is 0 Å². The standard InChI is InChI=1S/C16H26N2O/c1-19-15-7-4-5-13(11-15)9-10-18-16-8-3-2-6-14(16)12-17/h4-5,7,11,14,16,18H,2-3,6,8-10,12,17H2,1H3. The largest absolute Gasteiger partial charge is 0.497 e. The Hall–Kier alpha value is -1.06. The van der Waals surface area contributed by atoms with Crippen molar-refractivity contribution in [3.8, 4) is 5.75 Å². The molecule has 1 aromatic carbocycles. The van der Waals surface area contributed by atoms with Crippen LogP contribution >= 0.6 is 0 Å². The maximum Gasteiger partial charge on any atom is 0.119 e. The second kappa shape index (κ2) is 7.51. The molecule has 0 radical (unpaired) electrons. The van der Waals surface area contributed by atoms with Gasteiger partial charge in [-0.25, -0.2) is 0 Å². The van der Waals surface area contributed by atoms with Crippen LogP contribution in [0, 0.1) is 5.92 Å². The summed E-state index contributed by atoms with van der Waals surface area (Å²) in [6.07, 6.45) is 6.29. The number of hydrogen-bond donors (Lipinski definition) is 2. The van der Waals surface area contributed by atoms with Gasteiger partial charge >= 0.3 is 0 Å². The summed E-state index contributed by atoms with van der Waals surface area (Å²) in [7, 11) is 1.71. The highest BCUT2D eigenvalue weighted by Crippen LogP contribution is 2.23. The fourth-order valence-electron chi connectivity index (χ4n) is 2.99. The average Bonchev–Trinajstić information content (AvgIpc) is 2.48. The lowest BCUT2D eigenvalue weighted by atomic mass is 9.84. The van der Waals surface area contributed by atoms with Crippen molar-refractivity contribution in [2.75, 3.05) is 20.2 Å². The molecule has 0 bridgehead atoms. The van der Waals surface area contributed by atoms with Crippen LogP contribution in [0.3, 0.4) is 0 Å². The van der Waals surface area contributed by atoms with Gasteiger partial charge < -0.3 is 15.8 Å². The summed E-state index contributed by atoms with van der Waals surface area (Å²) < 4.78 is 5.25. The highest BCUT2D eigenvalue weighted by molar-refractivity contribution is 5.28. The number of nitrogens with two attached hydrogens (primary N) is 1. The van der Waals surface area contributed by atoms with Gasteiger partial charge in [0.05, 0.1) is 7.11 Å². The Balaban J connectivity index is 1.78. The van der Waals surface area contributed by atoms with E-state index in [1.54, 1.807) is 7.11 Å². The van der Waals surface area contributed by atoms with E-state index in [0.717, 1.165) is 25.3 Å². The zero-order valence-electron chi connectivity index (χ0n) is 11.9. The molecule has 0 heterocycles. The maximum atomic E-state index is 5.86. The summed E-state index contributed by atoms with van der Waals surface area (Å²) in [6, 6.07) is 8.93. The molecule has 1 saturated carbocycles. The van der Waals surface area contributed by atoms with E-state index in [-0.39, 0.29) is 0 Å². The minimum atomic E-state index is 0.615. The molecular weight excluding hydrogens is 236 g/mol. The van der Waals surface area contributed by atoms with E-state index in [1.807, 2.05) is 6.07 Å². The molecular formula is C16H26N2O. The minimum Gasteiger partial charge on any atom is -0.497 e. The van der Waals surface area contributed by atoms with E-state index in [0.29, 0.717) is 12.0 Å². The molecule has 1 aromatic rings. The molecule has 0 aliphatic heterocycles. The first kappa shape index (κ1) is 14.4. The lowest BCUT2D eigenvalue weighted by molar-refractivity contribution is 0.269. The van der Waals surface area contributed by atoms with Crippen molar-refractivity contribution < 1.29 is 4.74 Å². The van der Waals surface area contributed by atoms with Crippen molar-refractivity contribution in [2.45, 2.75) is 38.1 Å². The number of benzene rings is 1. The zero-order valence-corrected chi connectivity index (χ0v) is 11.9. The lowest BCUT2D eigenvalue weighted by Crippen LogP contribution is -2.42. The SMILES string of the molecule is COc1cccc(CCNC2CCCCC2CN)c1. The molecule has 3 heteroatoms. The summed E-state index contributed by atoms with van der Waals surface area (Å²) in [5.41, 5.74) is 7.18. The third kappa shape index (κ3) is 4.22. The number of nitrogens with one attached hydrogen (secondary N) is 1. The van der Waals surface area contributed by atoms with E-state index in [4.69, 9.17) is 10.5 Å². The Morgan fingerprint density at radius 1 is 1.32 bits per heavy atom. The predicted octanol–water partition coefficient (Wildman–Crippen LogP) is 2.34. The first-order valence-electron chi connectivity index (χ1n) is 7.40. The van der Waals surface area contributed by atoms with Crippen molar-refractivity contribution >= 4 is 0 Å². The van der Waals surface area contributed by atoms with E-state index in [9.17, 15) is 0 Å². The molecule has 0 aromatic heterocycles. The molecule has 3 N–H and O–H groups in total. The fourth-order valence-corrected chi connectivity index (χ4v) is 2.99. The van der Waals surface area contributed by atoms with Crippen molar-refractivity contribution in [1.29, 1.82) is 0 Å². The number of methoxy groups -OCH3 is 1. The second-order valence-electron chi connectivity index (χ2n) is 5.44. The Labute approximate surface area is 116 Å². The van der Waals surface area contributed by atoms with Crippen LogP contribution in [-0.2, 0) is 6.42 Å². The Morgan fingerprint density at radius 3 is 2.95 bits per heavy atom. The predicted molar refractivity (Wildman–Crippen MR) is 79.5 cm³/mol. The summed E-state index contributed by atoms with van der Waals surface area (Å²) >= 11 is 0. The average molecular weight is 262 g/mol. The van der Waals surface area contributed by atoms with Crippen LogP contribution in [0.25, 0.3) is 0 Å². The molecule has 106 valence electrons. The monoisotopic (exact) mass is 262 g/mol. The molecule has 1 aliphatic carbocycles. The molecule has 2 atom stereocenters. The molecule has 0 spiro atoms. The molecule has 1 aliphatic rings. The fraction of sp³-hybridized carbons (Fsp3) is 0.625. The van der Waals surface area contributed by atoms with Crippen molar-refractivity contribution in [3.05, 3.63) is 29.8 Å². The molecule has 0 amide bonds. The zero-order chi connectivity index (χ0) is 13.5. The van der Waals surface area contributed by atoms with Gasteiger partial charge in [0, 0.05) is 6.04 Å². The van der Waals surface area contributed by atoms with E-state index in [2.05, 4.69) is 23.5 Å². The third-order valence-corrected chi connectivity index (χ3v) is 4.17. The van der Waals surface area contributed by atoms with Gasteiger partial charge in [-0.1, -0.05) is 25.0 Å². The van der Waals surface area contributed by atoms with Gasteiger partial charge in [0.25, 0.3) is 0 Å². The normalized spacial score (nSPS) is 23.3. The molecule has 2 rings (SSSR count). The van der Waals surface area contributed by atoms with Crippen LogP contribution in [0.1, 0.15) is 31.2 Å². The number of rotatable bonds is 6. The highest BCUT2D eigenvalue weighted by Gasteiger charge is 2.22. The van der Waals surface area contributed by atoms with Crippen molar-refractivity contribution in [3.63, 3.8) is 0 Å². The minimum absolute atomic E-state index is 0.615. The van der Waals surface area contributed by atoms with Gasteiger partial charge in [-0.3, -0.25) is 0 Å². The van der Waals surface area contributed by atoms with Crippen LogP contribution < -0.4 is 15.8 Å². The van der Waals surface area contributed by atoms with E-state index in [1.165, 1.54) is 31.2 Å². The van der Waals surface area contributed by atoms with Gasteiger partial charge in [0.1, 0.15) is 5.75 Å². The summed E-state index contributed by atoms with van der Waals surface area (Å²) in [6.45, 7) is 1.84. The van der Waals surface area contributed by atoms with Crippen LogP contribution in [0.4, 0.5) is 0 Å². The highest BCUT2D eigenvalue weighted by atomic mass is 16.5. The second-order valence-corrected chi connectivity index (χ2v) is 5.44. The van der Waals surface area contributed by atoms with Crippen LogP contribution in [0.5, 0.6) is 5.75 Å². The smallest absolute Gasteiger partial charge is 0.119 e. The summed E-state index contributed by atoms with van der Waals surface area (Å²) in [5, 5.41) is 3.69. The topological polar surface area (TPSA) is 47.3 Å². The molecule has 19 heavy (non-hydrogen) atoms. The first-order valence-corrected chi connectivity index (χ1v) is 7.40. The van der Waals surface area contributed by atoms with Crippen LogP contribution in [0.15, 0.2) is 24.3 Å². The van der Waals surface area contributed by atoms with Gasteiger partial charge in [-0.05, 0) is 56.0 Å². The van der Waals surface area contributed by atoms with Crippen molar-refractivity contribution in [1.82, 2.24) is 5.32 Å².